The van der Waals surface area contributed by atoms with Gasteiger partial charge >= 0.3 is 0 Å². The quantitative estimate of drug-likeness (QED) is 0.661. The van der Waals surface area contributed by atoms with Gasteiger partial charge in [-0.25, -0.2) is 0 Å². The van der Waals surface area contributed by atoms with Crippen LogP contribution in [0.2, 0.25) is 0 Å². The summed E-state index contributed by atoms with van der Waals surface area (Å²) >= 11 is 0. The fourth-order valence-electron chi connectivity index (χ4n) is 0.962. The second kappa shape index (κ2) is 5.58. The average Bonchev–Trinajstić information content (AvgIpc) is 1.95. The van der Waals surface area contributed by atoms with Crippen molar-refractivity contribution in [2.45, 2.75) is 25.8 Å². The average molecular weight is 187 g/mol. The summed E-state index contributed by atoms with van der Waals surface area (Å²) in [6, 6.07) is 0. The molecule has 0 fully saturated rings. The molecule has 0 radical (unpaired) electrons. The van der Waals surface area contributed by atoms with Crippen LogP contribution in [0.3, 0.4) is 0 Å². The minimum Gasteiger partial charge on any atom is -0.326 e. The summed E-state index contributed by atoms with van der Waals surface area (Å²) < 4.78 is 0. The molecule has 0 unspecified atom stereocenters. The molecule has 0 aromatic carbocycles. The summed E-state index contributed by atoms with van der Waals surface area (Å²) in [6.45, 7) is 7.46. The second-order valence-corrected chi connectivity index (χ2v) is 4.85. The maximum atomic E-state index is 5.90. The highest BCUT2D eigenvalue weighted by molar-refractivity contribution is 4.73. The highest BCUT2D eigenvalue weighted by atomic mass is 15.1. The van der Waals surface area contributed by atoms with E-state index in [1.807, 2.05) is 0 Å². The third-order valence-corrected chi connectivity index (χ3v) is 2.07. The highest BCUT2D eigenvalue weighted by Crippen LogP contribution is 2.03. The molecule has 0 rings (SSSR count). The monoisotopic (exact) mass is 187 g/mol. The van der Waals surface area contributed by atoms with Gasteiger partial charge in [-0.05, 0) is 48.0 Å². The molecule has 3 heteroatoms. The fourth-order valence-corrected chi connectivity index (χ4v) is 0.962. The molecule has 0 aromatic heterocycles. The summed E-state index contributed by atoms with van der Waals surface area (Å²) in [5, 5.41) is 0. The van der Waals surface area contributed by atoms with Crippen LogP contribution in [-0.4, -0.2) is 56.1 Å². The fraction of sp³-hybridized carbons (Fsp3) is 1.00. The third kappa shape index (κ3) is 9.80. The predicted molar refractivity (Wildman–Crippen MR) is 58.9 cm³/mol. The van der Waals surface area contributed by atoms with Gasteiger partial charge in [0.15, 0.2) is 0 Å². The van der Waals surface area contributed by atoms with Gasteiger partial charge in [-0.3, -0.25) is 0 Å². The summed E-state index contributed by atoms with van der Waals surface area (Å²) in [5.41, 5.74) is 5.87. The van der Waals surface area contributed by atoms with Gasteiger partial charge in [-0.1, -0.05) is 0 Å². The van der Waals surface area contributed by atoms with Crippen molar-refractivity contribution >= 4 is 0 Å². The Morgan fingerprint density at radius 2 is 1.54 bits per heavy atom. The number of likely N-dealkylation sites (N-methyl/N-ethyl adjacent to an activating group) is 2. The van der Waals surface area contributed by atoms with Crippen molar-refractivity contribution in [2.75, 3.05) is 40.8 Å². The SMILES string of the molecule is CN(C)CCN(C)CCC(C)(C)N. The number of rotatable bonds is 6. The van der Waals surface area contributed by atoms with Crippen molar-refractivity contribution in [3.05, 3.63) is 0 Å². The van der Waals surface area contributed by atoms with Gasteiger partial charge in [-0.2, -0.15) is 0 Å². The summed E-state index contributed by atoms with van der Waals surface area (Å²) in [7, 11) is 6.34. The largest absolute Gasteiger partial charge is 0.326 e. The molecule has 0 aliphatic carbocycles. The molecule has 0 saturated heterocycles. The van der Waals surface area contributed by atoms with Crippen LogP contribution in [0.15, 0.2) is 0 Å². The van der Waals surface area contributed by atoms with Crippen LogP contribution in [0.4, 0.5) is 0 Å². The molecule has 2 N–H and O–H groups in total. The number of hydrogen-bond donors (Lipinski definition) is 1. The zero-order valence-electron chi connectivity index (χ0n) is 9.80. The topological polar surface area (TPSA) is 32.5 Å². The van der Waals surface area contributed by atoms with E-state index in [1.54, 1.807) is 0 Å². The van der Waals surface area contributed by atoms with E-state index >= 15 is 0 Å². The molecule has 0 aromatic rings. The van der Waals surface area contributed by atoms with E-state index in [0.29, 0.717) is 0 Å². The third-order valence-electron chi connectivity index (χ3n) is 2.07. The predicted octanol–water partition coefficient (Wildman–Crippen LogP) is 0.607. The first kappa shape index (κ1) is 12.9. The van der Waals surface area contributed by atoms with Gasteiger partial charge in [0, 0.05) is 18.6 Å². The van der Waals surface area contributed by atoms with Crippen molar-refractivity contribution in [1.29, 1.82) is 0 Å². The molecule has 0 atom stereocenters. The van der Waals surface area contributed by atoms with E-state index in [9.17, 15) is 0 Å². The molecule has 0 bridgehead atoms. The minimum atomic E-state index is -0.0353. The van der Waals surface area contributed by atoms with Gasteiger partial charge in [0.25, 0.3) is 0 Å². The lowest BCUT2D eigenvalue weighted by molar-refractivity contribution is 0.261. The summed E-state index contributed by atoms with van der Waals surface area (Å²) in [5.74, 6) is 0. The van der Waals surface area contributed by atoms with Gasteiger partial charge < -0.3 is 15.5 Å². The van der Waals surface area contributed by atoms with Gasteiger partial charge in [0.05, 0.1) is 0 Å². The van der Waals surface area contributed by atoms with E-state index in [0.717, 1.165) is 26.1 Å². The molecular weight excluding hydrogens is 162 g/mol. The first-order valence-corrected chi connectivity index (χ1v) is 4.93. The van der Waals surface area contributed by atoms with Crippen molar-refractivity contribution in [3.8, 4) is 0 Å². The van der Waals surface area contributed by atoms with E-state index in [4.69, 9.17) is 5.73 Å². The van der Waals surface area contributed by atoms with E-state index in [2.05, 4.69) is 44.8 Å². The first-order valence-electron chi connectivity index (χ1n) is 4.93. The van der Waals surface area contributed by atoms with Crippen LogP contribution >= 0.6 is 0 Å². The molecule has 3 nitrogen and oxygen atoms in total. The molecule has 0 aliphatic rings. The summed E-state index contributed by atoms with van der Waals surface area (Å²) in [4.78, 5) is 4.53. The Balaban J connectivity index is 3.46. The standard InChI is InChI=1S/C10H25N3/c1-10(2,11)6-7-13(5)9-8-12(3)4/h6-9,11H2,1-5H3. The van der Waals surface area contributed by atoms with Gasteiger partial charge in [0.2, 0.25) is 0 Å². The molecule has 13 heavy (non-hydrogen) atoms. The molecule has 0 amide bonds. The zero-order valence-corrected chi connectivity index (χ0v) is 9.80. The van der Waals surface area contributed by atoms with Gasteiger partial charge in [-0.15, -0.1) is 0 Å². The molecular formula is C10H25N3. The van der Waals surface area contributed by atoms with Crippen molar-refractivity contribution in [2.24, 2.45) is 5.73 Å². The minimum absolute atomic E-state index is 0.0353. The lowest BCUT2D eigenvalue weighted by Crippen LogP contribution is -2.38. The molecule has 0 heterocycles. The Hall–Kier alpha value is -0.120. The van der Waals surface area contributed by atoms with E-state index in [-0.39, 0.29) is 5.54 Å². The van der Waals surface area contributed by atoms with Crippen LogP contribution in [-0.2, 0) is 0 Å². The normalized spacial score (nSPS) is 12.9. The van der Waals surface area contributed by atoms with Gasteiger partial charge in [0.1, 0.15) is 0 Å². The number of hydrogen-bond acceptors (Lipinski definition) is 3. The lowest BCUT2D eigenvalue weighted by atomic mass is 10.0. The smallest absolute Gasteiger partial charge is 0.0109 e. The molecule has 80 valence electrons. The van der Waals surface area contributed by atoms with E-state index < -0.39 is 0 Å². The second-order valence-electron chi connectivity index (χ2n) is 4.85. The Kier molecular flexibility index (Phi) is 5.53. The number of nitrogens with two attached hydrogens (primary N) is 1. The van der Waals surface area contributed by atoms with Crippen LogP contribution < -0.4 is 5.73 Å². The van der Waals surface area contributed by atoms with Crippen LogP contribution in [0.25, 0.3) is 0 Å². The summed E-state index contributed by atoms with van der Waals surface area (Å²) in [6.07, 6.45) is 1.05. The Bertz CT molecular complexity index is 127. The van der Waals surface area contributed by atoms with E-state index in [1.165, 1.54) is 0 Å². The maximum Gasteiger partial charge on any atom is 0.0109 e. The molecule has 0 spiro atoms. The van der Waals surface area contributed by atoms with Crippen LogP contribution in [0.1, 0.15) is 20.3 Å². The first-order chi connectivity index (χ1) is 5.81. The van der Waals surface area contributed by atoms with Crippen LogP contribution in [0, 0.1) is 0 Å². The Morgan fingerprint density at radius 1 is 1.00 bits per heavy atom. The number of nitrogens with zero attached hydrogens (tertiary/aromatic N) is 2. The van der Waals surface area contributed by atoms with Crippen molar-refractivity contribution < 1.29 is 0 Å². The zero-order chi connectivity index (χ0) is 10.5. The highest BCUT2D eigenvalue weighted by Gasteiger charge is 2.11. The Labute approximate surface area is 82.9 Å². The van der Waals surface area contributed by atoms with Crippen LogP contribution in [0.5, 0.6) is 0 Å². The Morgan fingerprint density at radius 3 is 1.92 bits per heavy atom. The lowest BCUT2D eigenvalue weighted by Gasteiger charge is -2.24. The van der Waals surface area contributed by atoms with Crippen molar-refractivity contribution in [3.63, 3.8) is 0 Å². The maximum absolute atomic E-state index is 5.90. The van der Waals surface area contributed by atoms with Crippen molar-refractivity contribution in [1.82, 2.24) is 9.80 Å². The molecule has 0 aliphatic heterocycles. The molecule has 0 saturated carbocycles.